The molecule has 1 saturated heterocycles. The van der Waals surface area contributed by atoms with Crippen molar-refractivity contribution in [3.05, 3.63) is 76.7 Å². The fourth-order valence-electron chi connectivity index (χ4n) is 6.06. The van der Waals surface area contributed by atoms with E-state index >= 15 is 0 Å². The highest BCUT2D eigenvalue weighted by Crippen LogP contribution is 2.61. The number of aliphatic hydroxyl groups is 1. The number of halogens is 1. The standard InChI is InChI=1S/C30H33FN2O2/c1-18-26-16-21-15-23(5-6-25(21)29(18)26)35-17-22-14-20(4-8-27(22)31)24-7-9-28(32-19(24)2)33-12-10-30(3,34)11-13-33/h4-9,14-15,18,26,29,34H,10-13,16-17H2,1-3H3/t18-,26-,29-/m0/s1. The van der Waals surface area contributed by atoms with E-state index in [1.165, 1.54) is 17.2 Å². The zero-order chi connectivity index (χ0) is 24.3. The van der Waals surface area contributed by atoms with E-state index in [4.69, 9.17) is 9.72 Å². The Morgan fingerprint density at radius 1 is 1.11 bits per heavy atom. The predicted molar refractivity (Wildman–Crippen MR) is 136 cm³/mol. The first-order chi connectivity index (χ1) is 16.8. The highest BCUT2D eigenvalue weighted by atomic mass is 19.1. The summed E-state index contributed by atoms with van der Waals surface area (Å²) in [5.41, 5.74) is 5.66. The van der Waals surface area contributed by atoms with Crippen LogP contribution in [-0.4, -0.2) is 28.8 Å². The molecule has 3 atom stereocenters. The number of rotatable bonds is 5. The van der Waals surface area contributed by atoms with Crippen LogP contribution in [-0.2, 0) is 13.0 Å². The topological polar surface area (TPSA) is 45.6 Å². The Morgan fingerprint density at radius 3 is 2.69 bits per heavy atom. The third-order valence-corrected chi connectivity index (χ3v) is 8.48. The summed E-state index contributed by atoms with van der Waals surface area (Å²) in [7, 11) is 0. The van der Waals surface area contributed by atoms with E-state index in [0.717, 1.165) is 78.5 Å². The van der Waals surface area contributed by atoms with Crippen molar-refractivity contribution in [3.8, 4) is 16.9 Å². The average molecular weight is 473 g/mol. The molecule has 1 N–H and O–H groups in total. The van der Waals surface area contributed by atoms with Gasteiger partial charge in [-0.05, 0) is 104 Å². The molecule has 1 saturated carbocycles. The molecule has 0 bridgehead atoms. The van der Waals surface area contributed by atoms with E-state index in [9.17, 15) is 9.50 Å². The molecule has 2 aliphatic carbocycles. The summed E-state index contributed by atoms with van der Waals surface area (Å²) in [5.74, 6) is 3.84. The molecule has 4 nitrogen and oxygen atoms in total. The van der Waals surface area contributed by atoms with Crippen molar-refractivity contribution in [2.24, 2.45) is 11.8 Å². The quantitative estimate of drug-likeness (QED) is 0.492. The van der Waals surface area contributed by atoms with Gasteiger partial charge in [0.25, 0.3) is 0 Å². The van der Waals surface area contributed by atoms with Crippen LogP contribution >= 0.6 is 0 Å². The number of aryl methyl sites for hydroxylation is 1. The van der Waals surface area contributed by atoms with Gasteiger partial charge in [-0.25, -0.2) is 9.37 Å². The molecule has 6 rings (SSSR count). The lowest BCUT2D eigenvalue weighted by atomic mass is 9.94. The average Bonchev–Trinajstić information content (AvgIpc) is 3.29. The Labute approximate surface area is 206 Å². The minimum absolute atomic E-state index is 0.194. The van der Waals surface area contributed by atoms with Crippen LogP contribution in [0.5, 0.6) is 5.75 Å². The van der Waals surface area contributed by atoms with E-state index in [1.807, 2.05) is 38.1 Å². The van der Waals surface area contributed by atoms with Gasteiger partial charge < -0.3 is 14.7 Å². The highest BCUT2D eigenvalue weighted by molar-refractivity contribution is 5.68. The molecule has 3 aliphatic rings. The fraction of sp³-hybridized carbons (Fsp3) is 0.433. The monoisotopic (exact) mass is 472 g/mol. The van der Waals surface area contributed by atoms with Crippen molar-refractivity contribution in [2.45, 2.75) is 58.2 Å². The van der Waals surface area contributed by atoms with Gasteiger partial charge >= 0.3 is 0 Å². The fourth-order valence-corrected chi connectivity index (χ4v) is 6.06. The number of benzene rings is 2. The van der Waals surface area contributed by atoms with E-state index in [2.05, 4.69) is 30.0 Å². The summed E-state index contributed by atoms with van der Waals surface area (Å²) >= 11 is 0. The molecule has 0 radical (unpaired) electrons. The lowest BCUT2D eigenvalue weighted by Gasteiger charge is -2.36. The van der Waals surface area contributed by atoms with Crippen LogP contribution in [0.3, 0.4) is 0 Å². The number of hydrogen-bond donors (Lipinski definition) is 1. The summed E-state index contributed by atoms with van der Waals surface area (Å²) in [4.78, 5) is 7.06. The summed E-state index contributed by atoms with van der Waals surface area (Å²) < 4.78 is 20.7. The number of nitrogens with zero attached hydrogens (tertiary/aromatic N) is 2. The summed E-state index contributed by atoms with van der Waals surface area (Å²) in [6.07, 6.45) is 2.61. The Kier molecular flexibility index (Phi) is 5.37. The van der Waals surface area contributed by atoms with Crippen molar-refractivity contribution in [3.63, 3.8) is 0 Å². The Balaban J connectivity index is 1.17. The van der Waals surface area contributed by atoms with Crippen LogP contribution in [0, 0.1) is 24.6 Å². The molecule has 0 unspecified atom stereocenters. The van der Waals surface area contributed by atoms with Crippen molar-refractivity contribution < 1.29 is 14.2 Å². The van der Waals surface area contributed by atoms with Crippen molar-refractivity contribution in [1.82, 2.24) is 4.98 Å². The molecule has 3 aromatic rings. The molecular weight excluding hydrogens is 439 g/mol. The zero-order valence-electron chi connectivity index (χ0n) is 20.7. The second kappa shape index (κ2) is 8.34. The largest absolute Gasteiger partial charge is 0.489 e. The van der Waals surface area contributed by atoms with Gasteiger partial charge in [0, 0.05) is 29.9 Å². The molecule has 5 heteroatoms. The number of hydrogen-bond acceptors (Lipinski definition) is 4. The Bertz CT molecular complexity index is 1280. The number of aromatic nitrogens is 1. The van der Waals surface area contributed by atoms with Crippen LogP contribution in [0.25, 0.3) is 11.1 Å². The smallest absolute Gasteiger partial charge is 0.129 e. The molecule has 0 amide bonds. The molecule has 1 aromatic heterocycles. The van der Waals surface area contributed by atoms with Crippen LogP contribution in [0.15, 0.2) is 48.5 Å². The van der Waals surface area contributed by atoms with Gasteiger partial charge in [-0.3, -0.25) is 0 Å². The molecule has 182 valence electrons. The first-order valence-electron chi connectivity index (χ1n) is 12.8. The Hall–Kier alpha value is -2.92. The molecule has 2 aromatic carbocycles. The molecular formula is C30H33FN2O2. The highest BCUT2D eigenvalue weighted by Gasteiger charge is 2.52. The first kappa shape index (κ1) is 22.5. The predicted octanol–water partition coefficient (Wildman–Crippen LogP) is 6.03. The van der Waals surface area contributed by atoms with Crippen molar-refractivity contribution in [1.29, 1.82) is 0 Å². The lowest BCUT2D eigenvalue weighted by Crippen LogP contribution is -2.42. The zero-order valence-corrected chi connectivity index (χ0v) is 20.7. The molecule has 1 aliphatic heterocycles. The minimum atomic E-state index is -0.587. The van der Waals surface area contributed by atoms with Gasteiger partial charge in [0.2, 0.25) is 0 Å². The summed E-state index contributed by atoms with van der Waals surface area (Å²) in [5, 5.41) is 10.2. The number of fused-ring (bicyclic) bond motifs is 3. The molecule has 35 heavy (non-hydrogen) atoms. The second-order valence-electron chi connectivity index (χ2n) is 11.0. The first-order valence-corrected chi connectivity index (χ1v) is 12.8. The van der Waals surface area contributed by atoms with Gasteiger partial charge in [-0.15, -0.1) is 0 Å². The number of ether oxygens (including phenoxy) is 1. The van der Waals surface area contributed by atoms with Crippen LogP contribution in [0.1, 0.15) is 55.0 Å². The van der Waals surface area contributed by atoms with E-state index in [1.54, 1.807) is 0 Å². The van der Waals surface area contributed by atoms with Gasteiger partial charge in [0.1, 0.15) is 24.0 Å². The number of piperidine rings is 1. The summed E-state index contributed by atoms with van der Waals surface area (Å²) in [6, 6.07) is 15.7. The van der Waals surface area contributed by atoms with Gasteiger partial charge in [0.15, 0.2) is 0 Å². The third-order valence-electron chi connectivity index (χ3n) is 8.48. The van der Waals surface area contributed by atoms with Gasteiger partial charge in [-0.2, -0.15) is 0 Å². The molecule has 2 fully saturated rings. The Morgan fingerprint density at radius 2 is 1.91 bits per heavy atom. The molecule has 2 heterocycles. The third kappa shape index (κ3) is 4.20. The van der Waals surface area contributed by atoms with E-state index < -0.39 is 5.60 Å². The molecule has 0 spiro atoms. The minimum Gasteiger partial charge on any atom is -0.489 e. The van der Waals surface area contributed by atoms with Gasteiger partial charge in [0.05, 0.1) is 5.60 Å². The maximum absolute atomic E-state index is 14.7. The maximum Gasteiger partial charge on any atom is 0.129 e. The normalized spacial score (nSPS) is 24.1. The SMILES string of the molecule is Cc1nc(N2CCC(C)(O)CC2)ccc1-c1ccc(F)c(COc2ccc3c(c2)C[C@H]2[C@H](C)[C@@H]32)c1. The van der Waals surface area contributed by atoms with Crippen LogP contribution in [0.2, 0.25) is 0 Å². The maximum atomic E-state index is 14.7. The van der Waals surface area contributed by atoms with Crippen molar-refractivity contribution in [2.75, 3.05) is 18.0 Å². The summed E-state index contributed by atoms with van der Waals surface area (Å²) in [6.45, 7) is 8.01. The van der Waals surface area contributed by atoms with Gasteiger partial charge in [-0.1, -0.05) is 19.1 Å². The van der Waals surface area contributed by atoms with E-state index in [0.29, 0.717) is 5.56 Å². The number of pyridine rings is 1. The van der Waals surface area contributed by atoms with Crippen LogP contribution < -0.4 is 9.64 Å². The van der Waals surface area contributed by atoms with Crippen molar-refractivity contribution >= 4 is 5.82 Å². The number of anilines is 1. The second-order valence-corrected chi connectivity index (χ2v) is 11.0. The lowest BCUT2D eigenvalue weighted by molar-refractivity contribution is 0.0350. The van der Waals surface area contributed by atoms with Crippen LogP contribution in [0.4, 0.5) is 10.2 Å². The van der Waals surface area contributed by atoms with E-state index in [-0.39, 0.29) is 12.4 Å².